The molecule has 0 aliphatic heterocycles. The number of nitriles is 1. The highest BCUT2D eigenvalue weighted by Gasteiger charge is 2.33. The van der Waals surface area contributed by atoms with Gasteiger partial charge in [0.2, 0.25) is 0 Å². The second-order valence-corrected chi connectivity index (χ2v) is 5.44. The van der Waals surface area contributed by atoms with E-state index in [1.54, 1.807) is 6.07 Å². The molecule has 0 unspecified atom stereocenters. The minimum absolute atomic E-state index is 0.0978. The number of anilines is 2. The summed E-state index contributed by atoms with van der Waals surface area (Å²) >= 11 is 5.59. The van der Waals surface area contributed by atoms with Gasteiger partial charge in [0.05, 0.1) is 11.3 Å². The fourth-order valence-corrected chi connectivity index (χ4v) is 2.13. The van der Waals surface area contributed by atoms with Crippen LogP contribution in [0.25, 0.3) is 0 Å². The van der Waals surface area contributed by atoms with Crippen molar-refractivity contribution in [2.75, 3.05) is 10.6 Å². The van der Waals surface area contributed by atoms with Crippen LogP contribution >= 0.6 is 11.6 Å². The average Bonchev–Trinajstić information content (AvgIpc) is 2.55. The maximum absolute atomic E-state index is 13.0. The van der Waals surface area contributed by atoms with Crippen molar-refractivity contribution in [3.63, 3.8) is 0 Å². The molecule has 0 bridgehead atoms. The third kappa shape index (κ3) is 4.91. The maximum Gasteiger partial charge on any atom is 0.418 e. The molecule has 2 aromatic carbocycles. The van der Waals surface area contributed by atoms with E-state index in [9.17, 15) is 23.1 Å². The Labute approximate surface area is 151 Å². The monoisotopic (exact) mass is 381 g/mol. The Kier molecular flexibility index (Phi) is 5.75. The SMILES string of the molecule is N#C/C(=C/Nc1ccc(Cl)cc1C(F)(F)F)C(=O)Nc1cccc(O)c1. The van der Waals surface area contributed by atoms with E-state index in [0.717, 1.165) is 18.3 Å². The average molecular weight is 382 g/mol. The molecule has 0 saturated carbocycles. The van der Waals surface area contributed by atoms with Gasteiger partial charge in [-0.05, 0) is 30.3 Å². The van der Waals surface area contributed by atoms with Crippen LogP contribution in [-0.4, -0.2) is 11.0 Å². The summed E-state index contributed by atoms with van der Waals surface area (Å²) in [7, 11) is 0. The first-order valence-corrected chi connectivity index (χ1v) is 7.42. The van der Waals surface area contributed by atoms with E-state index in [-0.39, 0.29) is 22.1 Å². The number of carbonyl (C=O) groups is 1. The van der Waals surface area contributed by atoms with Crippen LogP contribution in [0.3, 0.4) is 0 Å². The normalized spacial score (nSPS) is 11.6. The van der Waals surface area contributed by atoms with Gasteiger partial charge >= 0.3 is 6.18 Å². The molecule has 5 nitrogen and oxygen atoms in total. The number of benzene rings is 2. The van der Waals surface area contributed by atoms with Gasteiger partial charge < -0.3 is 15.7 Å². The predicted octanol–water partition coefficient (Wildman–Crippen LogP) is 4.52. The van der Waals surface area contributed by atoms with Crippen molar-refractivity contribution in [1.82, 2.24) is 0 Å². The third-order valence-electron chi connectivity index (χ3n) is 3.13. The lowest BCUT2D eigenvalue weighted by Gasteiger charge is -2.13. The number of nitrogens with zero attached hydrogens (tertiary/aromatic N) is 1. The molecule has 2 aromatic rings. The molecule has 0 spiro atoms. The van der Waals surface area contributed by atoms with Crippen molar-refractivity contribution in [1.29, 1.82) is 5.26 Å². The lowest BCUT2D eigenvalue weighted by molar-refractivity contribution is -0.136. The number of carbonyl (C=O) groups excluding carboxylic acids is 1. The number of rotatable bonds is 4. The maximum atomic E-state index is 13.0. The van der Waals surface area contributed by atoms with Crippen LogP contribution in [-0.2, 0) is 11.0 Å². The summed E-state index contributed by atoms with van der Waals surface area (Å²) in [5, 5.41) is 23.0. The number of halogens is 4. The number of aromatic hydroxyl groups is 1. The van der Waals surface area contributed by atoms with Gasteiger partial charge in [-0.2, -0.15) is 18.4 Å². The summed E-state index contributed by atoms with van der Waals surface area (Å²) in [6.45, 7) is 0. The molecule has 1 amide bonds. The fourth-order valence-electron chi connectivity index (χ4n) is 1.96. The zero-order valence-electron chi connectivity index (χ0n) is 12.9. The van der Waals surface area contributed by atoms with E-state index in [2.05, 4.69) is 10.6 Å². The second-order valence-electron chi connectivity index (χ2n) is 5.01. The Morgan fingerprint density at radius 2 is 1.96 bits per heavy atom. The van der Waals surface area contributed by atoms with Crippen LogP contribution in [0.2, 0.25) is 5.02 Å². The first-order chi connectivity index (χ1) is 12.2. The quantitative estimate of drug-likeness (QED) is 0.537. The van der Waals surface area contributed by atoms with E-state index >= 15 is 0 Å². The predicted molar refractivity (Wildman–Crippen MR) is 90.5 cm³/mol. The summed E-state index contributed by atoms with van der Waals surface area (Å²) in [5.41, 5.74) is -1.64. The topological polar surface area (TPSA) is 85.2 Å². The Hall–Kier alpha value is -3.18. The van der Waals surface area contributed by atoms with Gasteiger partial charge in [-0.15, -0.1) is 0 Å². The van der Waals surface area contributed by atoms with Crippen LogP contribution in [0.4, 0.5) is 24.5 Å². The van der Waals surface area contributed by atoms with Crippen LogP contribution in [0.15, 0.2) is 54.2 Å². The van der Waals surface area contributed by atoms with Crippen molar-refractivity contribution in [2.45, 2.75) is 6.18 Å². The van der Waals surface area contributed by atoms with E-state index in [4.69, 9.17) is 16.9 Å². The van der Waals surface area contributed by atoms with Crippen molar-refractivity contribution >= 4 is 28.9 Å². The van der Waals surface area contributed by atoms with Crippen LogP contribution < -0.4 is 10.6 Å². The minimum atomic E-state index is -4.67. The molecule has 0 saturated heterocycles. The standard InChI is InChI=1S/C17H11ClF3N3O2/c18-11-4-5-15(14(6-11)17(19,20)21)23-9-10(8-22)16(26)24-12-2-1-3-13(25)7-12/h1-7,9,23,25H,(H,24,26)/b10-9-. The van der Waals surface area contributed by atoms with Gasteiger partial charge in [0, 0.05) is 23.0 Å². The zero-order valence-corrected chi connectivity index (χ0v) is 13.7. The number of hydrogen-bond donors (Lipinski definition) is 3. The number of phenolic OH excluding ortho intramolecular Hbond substituents is 1. The Morgan fingerprint density at radius 3 is 2.58 bits per heavy atom. The number of amides is 1. The Bertz CT molecular complexity index is 905. The van der Waals surface area contributed by atoms with Crippen molar-refractivity contribution in [3.05, 3.63) is 64.8 Å². The number of phenols is 1. The van der Waals surface area contributed by atoms with Gasteiger partial charge in [-0.1, -0.05) is 17.7 Å². The molecular weight excluding hydrogens is 371 g/mol. The molecule has 0 heterocycles. The van der Waals surface area contributed by atoms with Gasteiger partial charge in [0.15, 0.2) is 0 Å². The molecular formula is C17H11ClF3N3O2. The third-order valence-corrected chi connectivity index (χ3v) is 3.36. The van der Waals surface area contributed by atoms with Gasteiger partial charge in [-0.3, -0.25) is 4.79 Å². The number of hydrogen-bond acceptors (Lipinski definition) is 4. The van der Waals surface area contributed by atoms with Gasteiger partial charge in [0.1, 0.15) is 17.4 Å². The molecule has 9 heteroatoms. The highest BCUT2D eigenvalue weighted by Crippen LogP contribution is 2.36. The molecule has 26 heavy (non-hydrogen) atoms. The number of nitrogens with one attached hydrogen (secondary N) is 2. The molecule has 3 N–H and O–H groups in total. The first kappa shape index (κ1) is 19.1. The summed E-state index contributed by atoms with van der Waals surface area (Å²) in [6.07, 6.45) is -3.81. The van der Waals surface area contributed by atoms with Crippen LogP contribution in [0.5, 0.6) is 5.75 Å². The van der Waals surface area contributed by atoms with Crippen LogP contribution in [0, 0.1) is 11.3 Å². The molecule has 2 rings (SSSR count). The molecule has 134 valence electrons. The molecule has 0 radical (unpaired) electrons. The highest BCUT2D eigenvalue weighted by molar-refractivity contribution is 6.30. The fraction of sp³-hybridized carbons (Fsp3) is 0.0588. The van der Waals surface area contributed by atoms with Crippen molar-refractivity contribution in [2.24, 2.45) is 0 Å². The Morgan fingerprint density at radius 1 is 1.23 bits per heavy atom. The molecule has 0 aromatic heterocycles. The second kappa shape index (κ2) is 7.80. The smallest absolute Gasteiger partial charge is 0.418 e. The lowest BCUT2D eigenvalue weighted by Crippen LogP contribution is -2.15. The Balaban J connectivity index is 2.22. The van der Waals surface area contributed by atoms with Gasteiger partial charge in [-0.25, -0.2) is 0 Å². The van der Waals surface area contributed by atoms with Crippen molar-refractivity contribution < 1.29 is 23.1 Å². The lowest BCUT2D eigenvalue weighted by atomic mass is 10.1. The molecule has 0 aliphatic rings. The molecule has 0 atom stereocenters. The zero-order chi connectivity index (χ0) is 19.3. The number of alkyl halides is 3. The van der Waals surface area contributed by atoms with Gasteiger partial charge in [0.25, 0.3) is 5.91 Å². The molecule has 0 aliphatic carbocycles. The first-order valence-electron chi connectivity index (χ1n) is 7.04. The van der Waals surface area contributed by atoms with E-state index in [0.29, 0.717) is 0 Å². The summed E-state index contributed by atoms with van der Waals surface area (Å²) < 4.78 is 39.1. The summed E-state index contributed by atoms with van der Waals surface area (Å²) in [6, 6.07) is 10.2. The minimum Gasteiger partial charge on any atom is -0.508 e. The van der Waals surface area contributed by atoms with E-state index < -0.39 is 23.2 Å². The highest BCUT2D eigenvalue weighted by atomic mass is 35.5. The summed E-state index contributed by atoms with van der Waals surface area (Å²) in [5.74, 6) is -0.951. The summed E-state index contributed by atoms with van der Waals surface area (Å²) in [4.78, 5) is 12.0. The largest absolute Gasteiger partial charge is 0.508 e. The molecule has 0 fully saturated rings. The van der Waals surface area contributed by atoms with Crippen LogP contribution in [0.1, 0.15) is 5.56 Å². The van der Waals surface area contributed by atoms with Crippen molar-refractivity contribution in [3.8, 4) is 11.8 Å². The van der Waals surface area contributed by atoms with E-state index in [1.165, 1.54) is 30.3 Å². The van der Waals surface area contributed by atoms with E-state index in [1.807, 2.05) is 0 Å².